The molecule has 8 heteroatoms. The second kappa shape index (κ2) is 10.6. The van der Waals surface area contributed by atoms with Gasteiger partial charge in [0.25, 0.3) is 0 Å². The van der Waals surface area contributed by atoms with Crippen LogP contribution < -0.4 is 10.6 Å². The van der Waals surface area contributed by atoms with E-state index in [1.807, 2.05) is 56.4 Å². The van der Waals surface area contributed by atoms with Crippen LogP contribution in [0.5, 0.6) is 0 Å². The van der Waals surface area contributed by atoms with Crippen molar-refractivity contribution in [2.75, 3.05) is 39.8 Å². The van der Waals surface area contributed by atoms with Gasteiger partial charge in [0.2, 0.25) is 10.0 Å². The molecule has 0 amide bonds. The Balaban J connectivity index is 1.73. The smallest absolute Gasteiger partial charge is 0.243 e. The number of sulfonamides is 1. The molecule has 1 heterocycles. The number of likely N-dealkylation sites (N-methyl/N-ethyl adjacent to an activating group) is 1. The highest BCUT2D eigenvalue weighted by Crippen LogP contribution is 2.21. The monoisotopic (exact) mass is 429 g/mol. The number of guanidine groups is 1. The van der Waals surface area contributed by atoms with Gasteiger partial charge in [-0.1, -0.05) is 48.5 Å². The fourth-order valence-electron chi connectivity index (χ4n) is 3.34. The molecule has 0 unspecified atom stereocenters. The molecule has 0 aromatic heterocycles. The Morgan fingerprint density at radius 2 is 1.63 bits per heavy atom. The molecule has 1 fully saturated rings. The molecule has 0 saturated carbocycles. The molecule has 1 aliphatic rings. The van der Waals surface area contributed by atoms with Crippen LogP contribution >= 0.6 is 0 Å². The number of hydrogen-bond donors (Lipinski definition) is 2. The van der Waals surface area contributed by atoms with Crippen LogP contribution in [-0.4, -0.2) is 63.4 Å². The standard InChI is InChI=1S/C22H31N5O2S/c1-3-23-22(24-17-19-9-5-4-6-10-19)25-18-20-11-7-8-12-21(20)30(28,29)27-15-13-26(2)14-16-27/h4-12H,3,13-18H2,1-2H3,(H2,23,24,25). The summed E-state index contributed by atoms with van der Waals surface area (Å²) in [4.78, 5) is 7.12. The van der Waals surface area contributed by atoms with Crippen molar-refractivity contribution < 1.29 is 8.42 Å². The van der Waals surface area contributed by atoms with Crippen LogP contribution in [0.3, 0.4) is 0 Å². The minimum absolute atomic E-state index is 0.362. The molecule has 7 nitrogen and oxygen atoms in total. The second-order valence-electron chi connectivity index (χ2n) is 7.35. The first-order valence-corrected chi connectivity index (χ1v) is 11.8. The van der Waals surface area contributed by atoms with Crippen molar-refractivity contribution in [3.05, 3.63) is 65.7 Å². The van der Waals surface area contributed by atoms with Gasteiger partial charge in [-0.2, -0.15) is 4.31 Å². The molecule has 2 aromatic rings. The van der Waals surface area contributed by atoms with E-state index in [-0.39, 0.29) is 0 Å². The van der Waals surface area contributed by atoms with E-state index in [2.05, 4.69) is 20.5 Å². The lowest BCUT2D eigenvalue weighted by Gasteiger charge is -2.32. The zero-order valence-corrected chi connectivity index (χ0v) is 18.5. The van der Waals surface area contributed by atoms with Gasteiger partial charge in [-0.15, -0.1) is 0 Å². The number of aliphatic imine (C=N–C) groups is 1. The molecule has 1 aliphatic heterocycles. The van der Waals surface area contributed by atoms with Crippen LogP contribution in [0.4, 0.5) is 0 Å². The van der Waals surface area contributed by atoms with Crippen molar-refractivity contribution in [2.45, 2.75) is 24.9 Å². The molecular formula is C22H31N5O2S. The number of nitrogens with one attached hydrogen (secondary N) is 2. The first kappa shape index (κ1) is 22.3. The zero-order chi connectivity index (χ0) is 21.4. The maximum atomic E-state index is 13.2. The lowest BCUT2D eigenvalue weighted by Crippen LogP contribution is -2.47. The fourth-order valence-corrected chi connectivity index (χ4v) is 4.99. The van der Waals surface area contributed by atoms with E-state index in [1.54, 1.807) is 16.4 Å². The van der Waals surface area contributed by atoms with E-state index < -0.39 is 10.0 Å². The maximum absolute atomic E-state index is 13.2. The summed E-state index contributed by atoms with van der Waals surface area (Å²) in [5.41, 5.74) is 1.86. The molecule has 162 valence electrons. The Morgan fingerprint density at radius 1 is 0.967 bits per heavy atom. The summed E-state index contributed by atoms with van der Waals surface area (Å²) < 4.78 is 28.0. The van der Waals surface area contributed by atoms with E-state index in [1.165, 1.54) is 0 Å². The Bertz CT molecular complexity index is 939. The maximum Gasteiger partial charge on any atom is 0.243 e. The van der Waals surface area contributed by atoms with Crippen molar-refractivity contribution in [3.63, 3.8) is 0 Å². The number of piperazine rings is 1. The average Bonchev–Trinajstić information content (AvgIpc) is 2.77. The van der Waals surface area contributed by atoms with Gasteiger partial charge in [-0.25, -0.2) is 13.4 Å². The SMILES string of the molecule is CCNC(=NCc1ccccc1)NCc1ccccc1S(=O)(=O)N1CCN(C)CC1. The predicted molar refractivity (Wildman–Crippen MR) is 121 cm³/mol. The molecule has 0 spiro atoms. The predicted octanol–water partition coefficient (Wildman–Crippen LogP) is 1.88. The van der Waals surface area contributed by atoms with Crippen molar-refractivity contribution in [1.29, 1.82) is 0 Å². The molecule has 30 heavy (non-hydrogen) atoms. The van der Waals surface area contributed by atoms with Gasteiger partial charge in [-0.3, -0.25) is 0 Å². The molecule has 0 radical (unpaired) electrons. The number of benzene rings is 2. The van der Waals surface area contributed by atoms with E-state index >= 15 is 0 Å². The van der Waals surface area contributed by atoms with E-state index in [0.717, 1.165) is 30.8 Å². The molecule has 3 rings (SSSR count). The van der Waals surface area contributed by atoms with Gasteiger partial charge in [0.05, 0.1) is 11.4 Å². The highest BCUT2D eigenvalue weighted by Gasteiger charge is 2.29. The van der Waals surface area contributed by atoms with Crippen LogP contribution in [0.2, 0.25) is 0 Å². The topological polar surface area (TPSA) is 77.0 Å². The van der Waals surface area contributed by atoms with Crippen LogP contribution in [0.1, 0.15) is 18.1 Å². The Labute approximate surface area is 179 Å². The van der Waals surface area contributed by atoms with Crippen molar-refractivity contribution >= 4 is 16.0 Å². The summed E-state index contributed by atoms with van der Waals surface area (Å²) in [7, 11) is -1.51. The van der Waals surface area contributed by atoms with Crippen LogP contribution in [0, 0.1) is 0 Å². The van der Waals surface area contributed by atoms with Crippen molar-refractivity contribution in [3.8, 4) is 0 Å². The van der Waals surface area contributed by atoms with E-state index in [9.17, 15) is 8.42 Å². The lowest BCUT2D eigenvalue weighted by molar-refractivity contribution is 0.222. The summed E-state index contributed by atoms with van der Waals surface area (Å²) in [5, 5.41) is 6.50. The van der Waals surface area contributed by atoms with Crippen LogP contribution in [0.15, 0.2) is 64.5 Å². The molecular weight excluding hydrogens is 398 g/mol. The first-order chi connectivity index (χ1) is 14.5. The third kappa shape index (κ3) is 5.81. The van der Waals surface area contributed by atoms with Gasteiger partial charge in [-0.05, 0) is 31.2 Å². The Morgan fingerprint density at radius 3 is 2.33 bits per heavy atom. The Kier molecular flexibility index (Phi) is 7.84. The largest absolute Gasteiger partial charge is 0.357 e. The van der Waals surface area contributed by atoms with E-state index in [0.29, 0.717) is 37.0 Å². The zero-order valence-electron chi connectivity index (χ0n) is 17.7. The summed E-state index contributed by atoms with van der Waals surface area (Å²) in [6, 6.07) is 17.2. The molecule has 1 saturated heterocycles. The normalized spacial score (nSPS) is 16.4. The van der Waals surface area contributed by atoms with Gasteiger partial charge >= 0.3 is 0 Å². The highest BCUT2D eigenvalue weighted by atomic mass is 32.2. The van der Waals surface area contributed by atoms with Crippen molar-refractivity contribution in [2.24, 2.45) is 4.99 Å². The number of rotatable bonds is 7. The molecule has 0 aliphatic carbocycles. The van der Waals surface area contributed by atoms with Gasteiger partial charge < -0.3 is 15.5 Å². The number of nitrogens with zero attached hydrogens (tertiary/aromatic N) is 3. The third-order valence-corrected chi connectivity index (χ3v) is 7.10. The third-order valence-electron chi connectivity index (χ3n) is 5.11. The summed E-state index contributed by atoms with van der Waals surface area (Å²) >= 11 is 0. The molecule has 0 atom stereocenters. The lowest BCUT2D eigenvalue weighted by atomic mass is 10.2. The fraction of sp³-hybridized carbons (Fsp3) is 0.409. The van der Waals surface area contributed by atoms with Gasteiger partial charge in [0.15, 0.2) is 5.96 Å². The van der Waals surface area contributed by atoms with Crippen molar-refractivity contribution in [1.82, 2.24) is 19.8 Å². The highest BCUT2D eigenvalue weighted by molar-refractivity contribution is 7.89. The second-order valence-corrected chi connectivity index (χ2v) is 9.26. The molecule has 0 bridgehead atoms. The van der Waals surface area contributed by atoms with Gasteiger partial charge in [0, 0.05) is 39.3 Å². The first-order valence-electron chi connectivity index (χ1n) is 10.3. The average molecular weight is 430 g/mol. The molecule has 2 aromatic carbocycles. The Hall–Kier alpha value is -2.42. The van der Waals surface area contributed by atoms with Crippen LogP contribution in [-0.2, 0) is 23.1 Å². The minimum Gasteiger partial charge on any atom is -0.357 e. The summed E-state index contributed by atoms with van der Waals surface area (Å²) in [6.07, 6.45) is 0. The summed E-state index contributed by atoms with van der Waals surface area (Å²) in [6.45, 7) is 6.19. The number of hydrogen-bond acceptors (Lipinski definition) is 4. The minimum atomic E-state index is -3.53. The van der Waals surface area contributed by atoms with Gasteiger partial charge in [0.1, 0.15) is 0 Å². The van der Waals surface area contributed by atoms with Crippen LogP contribution in [0.25, 0.3) is 0 Å². The van der Waals surface area contributed by atoms with E-state index in [4.69, 9.17) is 0 Å². The molecule has 2 N–H and O–H groups in total. The summed E-state index contributed by atoms with van der Waals surface area (Å²) in [5.74, 6) is 0.660. The quantitative estimate of drug-likeness (QED) is 0.519.